The third-order valence-corrected chi connectivity index (χ3v) is 5.27. The largest absolute Gasteiger partial charge is 0.507 e. The van der Waals surface area contributed by atoms with Crippen LogP contribution in [0.3, 0.4) is 0 Å². The zero-order chi connectivity index (χ0) is 21.1. The van der Waals surface area contributed by atoms with E-state index in [1.165, 1.54) is 0 Å². The SMILES string of the molecule is CCCCn1ccc(C(=O)CCc2cc(C(C)(C)C)c(O)c(C(C)(C)C)c2)c1. The number of ketones is 1. The highest BCUT2D eigenvalue weighted by molar-refractivity contribution is 5.96. The van der Waals surface area contributed by atoms with Gasteiger partial charge in [-0.1, -0.05) is 67.0 Å². The van der Waals surface area contributed by atoms with Crippen molar-refractivity contribution >= 4 is 5.78 Å². The quantitative estimate of drug-likeness (QED) is 0.562. The second kappa shape index (κ2) is 8.55. The Morgan fingerprint density at radius 3 is 2.11 bits per heavy atom. The predicted molar refractivity (Wildman–Crippen MR) is 117 cm³/mol. The summed E-state index contributed by atoms with van der Waals surface area (Å²) in [7, 11) is 0. The Labute approximate surface area is 170 Å². The van der Waals surface area contributed by atoms with E-state index < -0.39 is 0 Å². The molecule has 3 nitrogen and oxygen atoms in total. The van der Waals surface area contributed by atoms with Crippen molar-refractivity contribution in [3.05, 3.63) is 52.8 Å². The molecule has 0 aliphatic heterocycles. The van der Waals surface area contributed by atoms with Crippen molar-refractivity contribution in [3.8, 4) is 5.75 Å². The number of Topliss-reactive ketones (excluding diaryl/α,β-unsaturated/α-hetero) is 1. The van der Waals surface area contributed by atoms with Crippen molar-refractivity contribution in [1.29, 1.82) is 0 Å². The molecule has 2 aromatic rings. The molecule has 0 aliphatic carbocycles. The maximum absolute atomic E-state index is 12.7. The van der Waals surface area contributed by atoms with Crippen molar-refractivity contribution < 1.29 is 9.90 Å². The number of aryl methyl sites for hydroxylation is 2. The summed E-state index contributed by atoms with van der Waals surface area (Å²) in [4.78, 5) is 12.7. The van der Waals surface area contributed by atoms with Crippen LogP contribution in [0.25, 0.3) is 0 Å². The second-order valence-electron chi connectivity index (χ2n) is 9.95. The van der Waals surface area contributed by atoms with Gasteiger partial charge in [0.1, 0.15) is 5.75 Å². The third kappa shape index (κ3) is 5.50. The maximum Gasteiger partial charge on any atom is 0.164 e. The van der Waals surface area contributed by atoms with Gasteiger partial charge in [-0.05, 0) is 46.4 Å². The van der Waals surface area contributed by atoms with E-state index in [-0.39, 0.29) is 16.6 Å². The molecule has 0 fully saturated rings. The number of carbonyl (C=O) groups is 1. The van der Waals surface area contributed by atoms with Gasteiger partial charge in [-0.25, -0.2) is 0 Å². The minimum atomic E-state index is -0.152. The van der Waals surface area contributed by atoms with E-state index in [2.05, 4.69) is 65.2 Å². The summed E-state index contributed by atoms with van der Waals surface area (Å²) in [6, 6.07) is 6.07. The highest BCUT2D eigenvalue weighted by Gasteiger charge is 2.26. The molecule has 0 atom stereocenters. The number of nitrogens with zero attached hydrogens (tertiary/aromatic N) is 1. The number of aromatic hydroxyl groups is 1. The highest BCUT2D eigenvalue weighted by Crippen LogP contribution is 2.40. The summed E-state index contributed by atoms with van der Waals surface area (Å²) >= 11 is 0. The summed E-state index contributed by atoms with van der Waals surface area (Å²) in [5, 5.41) is 10.8. The topological polar surface area (TPSA) is 42.2 Å². The Balaban J connectivity index is 2.21. The van der Waals surface area contributed by atoms with Crippen LogP contribution in [0, 0.1) is 0 Å². The molecular weight excluding hydrogens is 346 g/mol. The van der Waals surface area contributed by atoms with Gasteiger partial charge in [0.2, 0.25) is 0 Å². The van der Waals surface area contributed by atoms with Crippen LogP contribution in [0.15, 0.2) is 30.6 Å². The molecule has 0 spiro atoms. The number of carbonyl (C=O) groups excluding carboxylic acids is 1. The Morgan fingerprint density at radius 1 is 1.04 bits per heavy atom. The van der Waals surface area contributed by atoms with E-state index >= 15 is 0 Å². The molecule has 0 radical (unpaired) electrons. The fourth-order valence-electron chi connectivity index (χ4n) is 3.47. The van der Waals surface area contributed by atoms with E-state index in [1.54, 1.807) is 0 Å². The molecule has 1 N–H and O–H groups in total. The monoisotopic (exact) mass is 383 g/mol. The zero-order valence-electron chi connectivity index (χ0n) is 18.7. The summed E-state index contributed by atoms with van der Waals surface area (Å²) in [6.45, 7) is 15.8. The Bertz CT molecular complexity index is 781. The van der Waals surface area contributed by atoms with E-state index in [0.717, 1.165) is 41.6 Å². The summed E-state index contributed by atoms with van der Waals surface area (Å²) < 4.78 is 2.10. The summed E-state index contributed by atoms with van der Waals surface area (Å²) in [6.07, 6.45) is 7.41. The number of hydrogen-bond acceptors (Lipinski definition) is 2. The molecule has 0 amide bonds. The lowest BCUT2D eigenvalue weighted by atomic mass is 9.78. The van der Waals surface area contributed by atoms with E-state index in [4.69, 9.17) is 0 Å². The van der Waals surface area contributed by atoms with Gasteiger partial charge in [-0.3, -0.25) is 4.79 Å². The first-order valence-electron chi connectivity index (χ1n) is 10.5. The molecule has 0 unspecified atom stereocenters. The van der Waals surface area contributed by atoms with Crippen molar-refractivity contribution in [2.24, 2.45) is 0 Å². The first kappa shape index (κ1) is 22.3. The molecule has 0 bridgehead atoms. The number of unbranched alkanes of at least 4 members (excludes halogenated alkanes) is 1. The van der Waals surface area contributed by atoms with Gasteiger partial charge < -0.3 is 9.67 Å². The van der Waals surface area contributed by atoms with Crippen LogP contribution in [-0.2, 0) is 23.8 Å². The first-order valence-corrected chi connectivity index (χ1v) is 10.5. The average Bonchev–Trinajstić information content (AvgIpc) is 3.05. The second-order valence-corrected chi connectivity index (χ2v) is 9.95. The van der Waals surface area contributed by atoms with E-state index in [0.29, 0.717) is 18.6 Å². The molecule has 154 valence electrons. The molecule has 3 heteroatoms. The van der Waals surface area contributed by atoms with Gasteiger partial charge in [0.15, 0.2) is 5.78 Å². The van der Waals surface area contributed by atoms with Crippen LogP contribution < -0.4 is 0 Å². The van der Waals surface area contributed by atoms with Crippen molar-refractivity contribution in [3.63, 3.8) is 0 Å². The lowest BCUT2D eigenvalue weighted by Crippen LogP contribution is -2.18. The van der Waals surface area contributed by atoms with Crippen molar-refractivity contribution in [2.75, 3.05) is 0 Å². The van der Waals surface area contributed by atoms with Gasteiger partial charge in [0.25, 0.3) is 0 Å². The lowest BCUT2D eigenvalue weighted by molar-refractivity contribution is 0.0983. The molecular formula is C25H37NO2. The Morgan fingerprint density at radius 2 is 1.61 bits per heavy atom. The van der Waals surface area contributed by atoms with Crippen LogP contribution in [0.4, 0.5) is 0 Å². The molecule has 28 heavy (non-hydrogen) atoms. The number of rotatable bonds is 7. The van der Waals surface area contributed by atoms with E-state index in [1.807, 2.05) is 18.5 Å². The molecule has 2 rings (SSSR count). The minimum Gasteiger partial charge on any atom is -0.507 e. The van der Waals surface area contributed by atoms with Crippen molar-refractivity contribution in [2.45, 2.75) is 91.5 Å². The number of phenols is 1. The number of hydrogen-bond donors (Lipinski definition) is 1. The van der Waals surface area contributed by atoms with Crippen LogP contribution in [0.1, 0.15) is 94.8 Å². The highest BCUT2D eigenvalue weighted by atomic mass is 16.3. The standard InChI is InChI=1S/C25H37NO2/c1-8-9-13-26-14-12-19(17-26)22(27)11-10-18-15-20(24(2,3)4)23(28)21(16-18)25(5,6)7/h12,14-17,28H,8-11,13H2,1-7H3. The predicted octanol–water partition coefficient (Wildman–Crippen LogP) is 6.40. The molecule has 0 saturated heterocycles. The van der Waals surface area contributed by atoms with Crippen LogP contribution in [0.5, 0.6) is 5.75 Å². The number of benzene rings is 1. The fourth-order valence-corrected chi connectivity index (χ4v) is 3.47. The maximum atomic E-state index is 12.7. The first-order chi connectivity index (χ1) is 12.9. The van der Waals surface area contributed by atoms with Gasteiger partial charge in [0, 0.05) is 30.9 Å². The Hall–Kier alpha value is -2.03. The summed E-state index contributed by atoms with van der Waals surface area (Å²) in [5.74, 6) is 0.570. The number of phenolic OH excluding ortho intramolecular Hbond substituents is 1. The molecule has 1 aromatic heterocycles. The van der Waals surface area contributed by atoms with Crippen molar-refractivity contribution in [1.82, 2.24) is 4.57 Å². The van der Waals surface area contributed by atoms with Gasteiger partial charge in [0.05, 0.1) is 0 Å². The van der Waals surface area contributed by atoms with Gasteiger partial charge in [-0.2, -0.15) is 0 Å². The molecule has 0 aliphatic rings. The average molecular weight is 384 g/mol. The van der Waals surface area contributed by atoms with Gasteiger partial charge >= 0.3 is 0 Å². The normalized spacial score (nSPS) is 12.4. The Kier molecular flexibility index (Phi) is 6.80. The smallest absolute Gasteiger partial charge is 0.164 e. The van der Waals surface area contributed by atoms with E-state index in [9.17, 15) is 9.90 Å². The lowest BCUT2D eigenvalue weighted by Gasteiger charge is -2.28. The minimum absolute atomic E-state index is 0.152. The third-order valence-electron chi connectivity index (χ3n) is 5.27. The van der Waals surface area contributed by atoms with Crippen LogP contribution in [-0.4, -0.2) is 15.5 Å². The van der Waals surface area contributed by atoms with Crippen LogP contribution in [0.2, 0.25) is 0 Å². The van der Waals surface area contributed by atoms with Crippen LogP contribution >= 0.6 is 0 Å². The zero-order valence-corrected chi connectivity index (χ0v) is 18.7. The number of aromatic nitrogens is 1. The van der Waals surface area contributed by atoms with Gasteiger partial charge in [-0.15, -0.1) is 0 Å². The molecule has 1 aromatic carbocycles. The summed E-state index contributed by atoms with van der Waals surface area (Å²) in [5.41, 5.74) is 3.51. The fraction of sp³-hybridized carbons (Fsp3) is 0.560. The molecule has 1 heterocycles. The molecule has 0 saturated carbocycles.